The first-order chi connectivity index (χ1) is 15.0. The van der Waals surface area contributed by atoms with Gasteiger partial charge in [-0.25, -0.2) is 4.79 Å². The van der Waals surface area contributed by atoms with Gasteiger partial charge in [-0.2, -0.15) is 0 Å². The maximum atomic E-state index is 12.7. The third-order valence-corrected chi connectivity index (χ3v) is 5.21. The van der Waals surface area contributed by atoms with E-state index in [1.54, 1.807) is 29.2 Å². The van der Waals surface area contributed by atoms with Gasteiger partial charge in [0.25, 0.3) is 5.91 Å². The molecular weight excluding hydrogens is 400 g/mol. The minimum atomic E-state index is -0.562. The molecule has 164 valence electrons. The van der Waals surface area contributed by atoms with Gasteiger partial charge in [0.05, 0.1) is 25.5 Å². The average molecular weight is 426 g/mol. The minimum absolute atomic E-state index is 0.0325. The molecule has 2 aromatic carbocycles. The Morgan fingerprint density at radius 3 is 2.35 bits per heavy atom. The zero-order valence-corrected chi connectivity index (χ0v) is 17.6. The minimum Gasteiger partial charge on any atom is -0.497 e. The van der Waals surface area contributed by atoms with Crippen LogP contribution in [0.4, 0.5) is 5.69 Å². The number of piperidine rings is 1. The van der Waals surface area contributed by atoms with Crippen LogP contribution in [-0.2, 0) is 14.3 Å². The SMILES string of the molecule is COC(=O)c1cc(OC)ccc1NC(=O)C1CCN(C(=O)COc2ccccc2)CC1. The lowest BCUT2D eigenvalue weighted by Crippen LogP contribution is -2.43. The van der Waals surface area contributed by atoms with Crippen molar-refractivity contribution in [2.75, 3.05) is 39.2 Å². The molecule has 1 aliphatic rings. The van der Waals surface area contributed by atoms with Gasteiger partial charge >= 0.3 is 5.97 Å². The van der Waals surface area contributed by atoms with E-state index in [1.165, 1.54) is 20.3 Å². The van der Waals surface area contributed by atoms with Crippen molar-refractivity contribution in [3.8, 4) is 11.5 Å². The summed E-state index contributed by atoms with van der Waals surface area (Å²) in [6, 6.07) is 14.0. The fourth-order valence-electron chi connectivity index (χ4n) is 3.42. The van der Waals surface area contributed by atoms with Crippen LogP contribution in [-0.4, -0.2) is 56.6 Å². The molecule has 0 bridgehead atoms. The number of carbonyl (C=O) groups is 3. The summed E-state index contributed by atoms with van der Waals surface area (Å²) in [6.07, 6.45) is 1.07. The molecule has 8 heteroatoms. The van der Waals surface area contributed by atoms with Gasteiger partial charge in [-0.15, -0.1) is 0 Å². The number of nitrogens with one attached hydrogen (secondary N) is 1. The third kappa shape index (κ3) is 5.75. The molecule has 8 nitrogen and oxygen atoms in total. The lowest BCUT2D eigenvalue weighted by molar-refractivity contribution is -0.136. The zero-order valence-electron chi connectivity index (χ0n) is 17.6. The highest BCUT2D eigenvalue weighted by molar-refractivity contribution is 6.02. The number of hydrogen-bond acceptors (Lipinski definition) is 6. The van der Waals surface area contributed by atoms with Crippen LogP contribution in [0.15, 0.2) is 48.5 Å². The predicted molar refractivity (Wildman–Crippen MR) is 114 cm³/mol. The van der Waals surface area contributed by atoms with Crippen molar-refractivity contribution in [2.24, 2.45) is 5.92 Å². The van der Waals surface area contributed by atoms with Crippen LogP contribution in [0.5, 0.6) is 11.5 Å². The van der Waals surface area contributed by atoms with E-state index >= 15 is 0 Å². The van der Waals surface area contributed by atoms with Gasteiger partial charge in [-0.1, -0.05) is 18.2 Å². The number of anilines is 1. The summed E-state index contributed by atoms with van der Waals surface area (Å²) in [7, 11) is 2.77. The number of carbonyl (C=O) groups excluding carboxylic acids is 3. The number of esters is 1. The molecule has 2 amide bonds. The van der Waals surface area contributed by atoms with Gasteiger partial charge < -0.3 is 24.4 Å². The largest absolute Gasteiger partial charge is 0.497 e. The molecule has 1 N–H and O–H groups in total. The summed E-state index contributed by atoms with van der Waals surface area (Å²) in [5.74, 6) is 0.0162. The molecule has 1 aliphatic heterocycles. The molecule has 0 atom stereocenters. The van der Waals surface area contributed by atoms with Crippen LogP contribution < -0.4 is 14.8 Å². The molecule has 1 saturated heterocycles. The van der Waals surface area contributed by atoms with Gasteiger partial charge in [-0.05, 0) is 43.2 Å². The number of ether oxygens (including phenoxy) is 3. The monoisotopic (exact) mass is 426 g/mol. The van der Waals surface area contributed by atoms with Crippen molar-refractivity contribution in [1.29, 1.82) is 0 Å². The van der Waals surface area contributed by atoms with Crippen LogP contribution in [0.3, 0.4) is 0 Å². The number of hydrogen-bond donors (Lipinski definition) is 1. The van der Waals surface area contributed by atoms with Crippen molar-refractivity contribution in [3.05, 3.63) is 54.1 Å². The van der Waals surface area contributed by atoms with Crippen LogP contribution in [0.1, 0.15) is 23.2 Å². The number of amides is 2. The van der Waals surface area contributed by atoms with Crippen molar-refractivity contribution >= 4 is 23.5 Å². The highest BCUT2D eigenvalue weighted by Gasteiger charge is 2.28. The smallest absolute Gasteiger partial charge is 0.340 e. The summed E-state index contributed by atoms with van der Waals surface area (Å²) in [4.78, 5) is 38.9. The lowest BCUT2D eigenvalue weighted by atomic mass is 9.95. The van der Waals surface area contributed by atoms with Gasteiger partial charge in [0, 0.05) is 19.0 Å². The molecule has 0 spiro atoms. The molecule has 0 aliphatic carbocycles. The summed E-state index contributed by atoms with van der Waals surface area (Å²) in [6.45, 7) is 0.915. The predicted octanol–water partition coefficient (Wildman–Crippen LogP) is 2.74. The third-order valence-electron chi connectivity index (χ3n) is 5.21. The van der Waals surface area contributed by atoms with Crippen molar-refractivity contribution in [3.63, 3.8) is 0 Å². The van der Waals surface area contributed by atoms with Crippen molar-refractivity contribution < 1.29 is 28.6 Å². The van der Waals surface area contributed by atoms with E-state index < -0.39 is 5.97 Å². The number of para-hydroxylation sites is 1. The summed E-state index contributed by atoms with van der Waals surface area (Å²) >= 11 is 0. The Balaban J connectivity index is 1.53. The second-order valence-corrected chi connectivity index (χ2v) is 7.15. The Morgan fingerprint density at radius 1 is 1.00 bits per heavy atom. The molecule has 3 rings (SSSR count). The fraction of sp³-hybridized carbons (Fsp3) is 0.348. The molecule has 1 fully saturated rings. The van der Waals surface area contributed by atoms with Gasteiger partial charge in [0.2, 0.25) is 5.91 Å². The van der Waals surface area contributed by atoms with Gasteiger partial charge in [0.1, 0.15) is 11.5 Å². The standard InChI is InChI=1S/C23H26N2O6/c1-29-18-8-9-20(19(14-18)23(28)30-2)24-22(27)16-10-12-25(13-11-16)21(26)15-31-17-6-4-3-5-7-17/h3-9,14,16H,10-13,15H2,1-2H3,(H,24,27). The topological polar surface area (TPSA) is 94.2 Å². The van der Waals surface area contributed by atoms with Gasteiger partial charge in [-0.3, -0.25) is 9.59 Å². The zero-order chi connectivity index (χ0) is 22.2. The van der Waals surface area contributed by atoms with Crippen molar-refractivity contribution in [2.45, 2.75) is 12.8 Å². The van der Waals surface area contributed by atoms with E-state index in [1.807, 2.05) is 18.2 Å². The van der Waals surface area contributed by atoms with Crippen molar-refractivity contribution in [1.82, 2.24) is 4.90 Å². The summed E-state index contributed by atoms with van der Waals surface area (Å²) < 4.78 is 15.5. The number of methoxy groups -OCH3 is 2. The van der Waals surface area contributed by atoms with E-state index in [9.17, 15) is 14.4 Å². The average Bonchev–Trinajstić information content (AvgIpc) is 2.83. The lowest BCUT2D eigenvalue weighted by Gasteiger charge is -2.31. The van der Waals surface area contributed by atoms with Crippen LogP contribution in [0.25, 0.3) is 0 Å². The molecule has 31 heavy (non-hydrogen) atoms. The Hall–Kier alpha value is -3.55. The summed E-state index contributed by atoms with van der Waals surface area (Å²) in [5.41, 5.74) is 0.591. The Morgan fingerprint density at radius 2 is 1.71 bits per heavy atom. The number of nitrogens with zero attached hydrogens (tertiary/aromatic N) is 1. The first-order valence-electron chi connectivity index (χ1n) is 10.0. The molecule has 2 aromatic rings. The Labute approximate surface area is 181 Å². The van der Waals surface area contributed by atoms with Gasteiger partial charge in [0.15, 0.2) is 6.61 Å². The quantitative estimate of drug-likeness (QED) is 0.685. The second kappa shape index (κ2) is 10.5. The fourth-order valence-corrected chi connectivity index (χ4v) is 3.42. The maximum Gasteiger partial charge on any atom is 0.340 e. The van der Waals surface area contributed by atoms with E-state index in [0.717, 1.165) is 0 Å². The Bertz CT molecular complexity index is 923. The van der Waals surface area contributed by atoms with E-state index in [4.69, 9.17) is 14.2 Å². The molecule has 0 radical (unpaired) electrons. The molecular formula is C23H26N2O6. The Kier molecular flexibility index (Phi) is 7.48. The summed E-state index contributed by atoms with van der Waals surface area (Å²) in [5, 5.41) is 2.81. The highest BCUT2D eigenvalue weighted by atomic mass is 16.5. The van der Waals surface area contributed by atoms with Crippen LogP contribution in [0.2, 0.25) is 0 Å². The highest BCUT2D eigenvalue weighted by Crippen LogP contribution is 2.25. The molecule has 1 heterocycles. The van der Waals surface area contributed by atoms with E-state index in [2.05, 4.69) is 5.32 Å². The molecule has 0 unspecified atom stereocenters. The van der Waals surface area contributed by atoms with Crippen LogP contribution >= 0.6 is 0 Å². The van der Waals surface area contributed by atoms with E-state index in [0.29, 0.717) is 43.1 Å². The maximum absolute atomic E-state index is 12.7. The first kappa shape index (κ1) is 22.1. The molecule has 0 saturated carbocycles. The number of likely N-dealkylation sites (tertiary alicyclic amines) is 1. The first-order valence-corrected chi connectivity index (χ1v) is 10.0. The normalized spacial score (nSPS) is 13.9. The van der Waals surface area contributed by atoms with Crippen LogP contribution in [0, 0.1) is 5.92 Å². The molecule has 0 aromatic heterocycles. The second-order valence-electron chi connectivity index (χ2n) is 7.15. The van der Waals surface area contributed by atoms with E-state index in [-0.39, 0.29) is 29.9 Å². The number of rotatable bonds is 7. The number of benzene rings is 2.